The van der Waals surface area contributed by atoms with E-state index >= 15 is 0 Å². The Morgan fingerprint density at radius 3 is 2.36 bits per heavy atom. The van der Waals surface area contributed by atoms with Gasteiger partial charge in [-0.05, 0) is 17.7 Å². The molecule has 0 bridgehead atoms. The first-order valence-electron chi connectivity index (χ1n) is 7.00. The molecule has 1 aliphatic heterocycles. The minimum absolute atomic E-state index is 0.107. The van der Waals surface area contributed by atoms with E-state index in [1.165, 1.54) is 0 Å². The van der Waals surface area contributed by atoms with Crippen molar-refractivity contribution in [3.05, 3.63) is 23.8 Å². The maximum absolute atomic E-state index is 12.4. The molecular weight excluding hydrogens is 308 g/mol. The van der Waals surface area contributed by atoms with Crippen LogP contribution in [-0.4, -0.2) is 53.1 Å². The summed E-state index contributed by atoms with van der Waals surface area (Å²) in [5, 5.41) is 0.864. The third kappa shape index (κ3) is 3.35. The van der Waals surface area contributed by atoms with Gasteiger partial charge in [-0.1, -0.05) is 6.92 Å². The zero-order chi connectivity index (χ0) is 16.3. The minimum Gasteiger partial charge on any atom is -0.497 e. The van der Waals surface area contributed by atoms with Gasteiger partial charge in [0, 0.05) is 19.7 Å². The van der Waals surface area contributed by atoms with Crippen LogP contribution in [0.1, 0.15) is 18.5 Å². The van der Waals surface area contributed by atoms with Crippen LogP contribution in [0.3, 0.4) is 0 Å². The highest BCUT2D eigenvalue weighted by Crippen LogP contribution is 2.36. The van der Waals surface area contributed by atoms with E-state index < -0.39 is 21.3 Å². The smallest absolute Gasteiger partial charge is 0.218 e. The van der Waals surface area contributed by atoms with E-state index in [1.807, 2.05) is 0 Å². The van der Waals surface area contributed by atoms with Crippen molar-refractivity contribution in [2.45, 2.75) is 18.2 Å². The average molecular weight is 330 g/mol. The monoisotopic (exact) mass is 330 g/mol. The van der Waals surface area contributed by atoms with Gasteiger partial charge in [0.05, 0.1) is 26.9 Å². The maximum Gasteiger partial charge on any atom is 0.218 e. The molecule has 0 spiro atoms. The largest absolute Gasteiger partial charge is 0.497 e. The van der Waals surface area contributed by atoms with Crippen LogP contribution in [-0.2, 0) is 14.9 Å². The van der Waals surface area contributed by atoms with Crippen LogP contribution in [0, 0.1) is 0 Å². The Morgan fingerprint density at radius 1 is 1.27 bits per heavy atom. The predicted molar refractivity (Wildman–Crippen MR) is 82.4 cm³/mol. The van der Waals surface area contributed by atoms with Crippen molar-refractivity contribution in [2.75, 3.05) is 34.4 Å². The van der Waals surface area contributed by atoms with Crippen molar-refractivity contribution < 1.29 is 22.7 Å². The molecule has 1 fully saturated rings. The summed E-state index contributed by atoms with van der Waals surface area (Å²) >= 11 is 0. The first-order valence-corrected chi connectivity index (χ1v) is 8.54. The van der Waals surface area contributed by atoms with Crippen molar-refractivity contribution >= 4 is 10.0 Å². The average Bonchev–Trinajstić information content (AvgIpc) is 2.89. The maximum atomic E-state index is 12.4. The SMILES string of the molecule is CCNS(=O)(=O)C1CON(C)C1c1cc(OC)cc(OC)c1. The lowest BCUT2D eigenvalue weighted by atomic mass is 10.0. The number of hydroxylamine groups is 2. The van der Waals surface area contributed by atoms with Gasteiger partial charge in [0.2, 0.25) is 10.0 Å². The van der Waals surface area contributed by atoms with Crippen LogP contribution >= 0.6 is 0 Å². The van der Waals surface area contributed by atoms with E-state index in [9.17, 15) is 8.42 Å². The Morgan fingerprint density at radius 2 is 1.86 bits per heavy atom. The van der Waals surface area contributed by atoms with Gasteiger partial charge in [0.1, 0.15) is 16.7 Å². The highest BCUT2D eigenvalue weighted by Gasteiger charge is 2.43. The van der Waals surface area contributed by atoms with Gasteiger partial charge < -0.3 is 9.47 Å². The fourth-order valence-electron chi connectivity index (χ4n) is 2.59. The molecule has 1 N–H and O–H groups in total. The highest BCUT2D eigenvalue weighted by atomic mass is 32.2. The van der Waals surface area contributed by atoms with Crippen LogP contribution in [0.2, 0.25) is 0 Å². The molecule has 8 heteroatoms. The van der Waals surface area contributed by atoms with Crippen molar-refractivity contribution in [1.29, 1.82) is 0 Å². The molecule has 2 atom stereocenters. The second-order valence-corrected chi connectivity index (χ2v) is 7.00. The lowest BCUT2D eigenvalue weighted by Gasteiger charge is -2.23. The number of hydrogen-bond acceptors (Lipinski definition) is 6. The fraction of sp³-hybridized carbons (Fsp3) is 0.571. The molecule has 0 saturated carbocycles. The molecule has 7 nitrogen and oxygen atoms in total. The lowest BCUT2D eigenvalue weighted by Crippen LogP contribution is -2.39. The third-order valence-electron chi connectivity index (χ3n) is 3.65. The Kier molecular flexibility index (Phi) is 5.28. The third-order valence-corrected chi connectivity index (χ3v) is 5.53. The number of methoxy groups -OCH3 is 2. The quantitative estimate of drug-likeness (QED) is 0.836. The number of nitrogens with zero attached hydrogens (tertiary/aromatic N) is 1. The molecule has 0 amide bonds. The van der Waals surface area contributed by atoms with Crippen molar-refractivity contribution in [1.82, 2.24) is 9.79 Å². The Labute approximate surface area is 131 Å². The molecule has 1 aliphatic rings. The van der Waals surface area contributed by atoms with Gasteiger partial charge in [-0.3, -0.25) is 4.84 Å². The fourth-order valence-corrected chi connectivity index (χ4v) is 4.11. The zero-order valence-corrected chi connectivity index (χ0v) is 14.0. The zero-order valence-electron chi connectivity index (χ0n) is 13.2. The lowest BCUT2D eigenvalue weighted by molar-refractivity contribution is -0.110. The topological polar surface area (TPSA) is 77.1 Å². The number of benzene rings is 1. The Bertz CT molecular complexity index is 597. The first-order chi connectivity index (χ1) is 10.4. The Hall–Kier alpha value is -1.35. The van der Waals surface area contributed by atoms with Crippen LogP contribution < -0.4 is 14.2 Å². The van der Waals surface area contributed by atoms with Crippen LogP contribution in [0.4, 0.5) is 0 Å². The van der Waals surface area contributed by atoms with Gasteiger partial charge >= 0.3 is 0 Å². The summed E-state index contributed by atoms with van der Waals surface area (Å²) in [5.74, 6) is 1.21. The standard InChI is InChI=1S/C14H22N2O5S/c1-5-15-22(17,18)13-9-21-16(2)14(13)10-6-11(19-3)8-12(7-10)20-4/h6-8,13-15H,5,9H2,1-4H3. The molecule has 2 unspecified atom stereocenters. The van der Waals surface area contributed by atoms with Crippen LogP contribution in [0.5, 0.6) is 11.5 Å². The summed E-state index contributed by atoms with van der Waals surface area (Å²) < 4.78 is 37.8. The molecule has 124 valence electrons. The summed E-state index contributed by atoms with van der Waals surface area (Å²) in [5.41, 5.74) is 0.766. The van der Waals surface area contributed by atoms with Crippen molar-refractivity contribution in [3.63, 3.8) is 0 Å². The summed E-state index contributed by atoms with van der Waals surface area (Å²) in [6.45, 7) is 2.20. The molecule has 22 heavy (non-hydrogen) atoms. The predicted octanol–water partition coefficient (Wildman–Crippen LogP) is 0.930. The van der Waals surface area contributed by atoms with E-state index in [1.54, 1.807) is 51.5 Å². The molecule has 0 aliphatic carbocycles. The van der Waals surface area contributed by atoms with E-state index in [-0.39, 0.29) is 6.61 Å². The molecule has 2 rings (SSSR count). The van der Waals surface area contributed by atoms with E-state index in [0.29, 0.717) is 18.0 Å². The van der Waals surface area contributed by atoms with Gasteiger partial charge in [0.15, 0.2) is 0 Å². The second-order valence-electron chi connectivity index (χ2n) is 5.01. The number of nitrogens with one attached hydrogen (secondary N) is 1. The molecule has 1 heterocycles. The first kappa shape index (κ1) is 17.0. The molecule has 1 aromatic rings. The molecule has 0 radical (unpaired) electrons. The number of rotatable bonds is 6. The van der Waals surface area contributed by atoms with E-state index in [0.717, 1.165) is 5.56 Å². The second kappa shape index (κ2) is 6.82. The summed E-state index contributed by atoms with van der Waals surface area (Å²) in [4.78, 5) is 5.44. The van der Waals surface area contributed by atoms with Crippen molar-refractivity contribution in [3.8, 4) is 11.5 Å². The Balaban J connectivity index is 2.43. The number of hydrogen-bond donors (Lipinski definition) is 1. The van der Waals surface area contributed by atoms with Gasteiger partial charge in [-0.25, -0.2) is 13.1 Å². The van der Waals surface area contributed by atoms with E-state index in [2.05, 4.69) is 4.72 Å². The minimum atomic E-state index is -3.48. The number of sulfonamides is 1. The van der Waals surface area contributed by atoms with Gasteiger partial charge in [-0.2, -0.15) is 5.06 Å². The molecule has 1 aromatic carbocycles. The molecule has 0 aromatic heterocycles. The molecule has 1 saturated heterocycles. The summed E-state index contributed by atoms with van der Waals surface area (Å²) in [7, 11) is 1.35. The number of ether oxygens (including phenoxy) is 2. The van der Waals surface area contributed by atoms with Crippen LogP contribution in [0.25, 0.3) is 0 Å². The highest BCUT2D eigenvalue weighted by molar-refractivity contribution is 7.90. The van der Waals surface area contributed by atoms with E-state index in [4.69, 9.17) is 14.3 Å². The van der Waals surface area contributed by atoms with Gasteiger partial charge in [0.25, 0.3) is 0 Å². The van der Waals surface area contributed by atoms with Gasteiger partial charge in [-0.15, -0.1) is 0 Å². The summed E-state index contributed by atoms with van der Waals surface area (Å²) in [6.07, 6.45) is 0. The van der Waals surface area contributed by atoms with Crippen LogP contribution in [0.15, 0.2) is 18.2 Å². The molecular formula is C14H22N2O5S. The summed E-state index contributed by atoms with van der Waals surface area (Å²) in [6, 6.07) is 4.90. The van der Waals surface area contributed by atoms with Crippen molar-refractivity contribution in [2.24, 2.45) is 0 Å². The normalized spacial score (nSPS) is 22.7.